The Balaban J connectivity index is 1.31. The van der Waals surface area contributed by atoms with Crippen molar-refractivity contribution < 1.29 is 4.79 Å². The molecule has 1 amide bonds. The zero-order valence-electron chi connectivity index (χ0n) is 14.1. The molecule has 1 fully saturated rings. The van der Waals surface area contributed by atoms with Crippen molar-refractivity contribution in [3.63, 3.8) is 0 Å². The Labute approximate surface area is 151 Å². The van der Waals surface area contributed by atoms with E-state index in [1.165, 1.54) is 35.1 Å². The number of carbonyl (C=O) groups excluding carboxylic acids is 1. The number of nitrogens with zero attached hydrogens (tertiary/aromatic N) is 2. The highest BCUT2D eigenvalue weighted by Gasteiger charge is 2.15. The Morgan fingerprint density at radius 3 is 3.00 bits per heavy atom. The summed E-state index contributed by atoms with van der Waals surface area (Å²) in [6, 6.07) is 8.23. The third-order valence-electron chi connectivity index (χ3n) is 4.69. The molecule has 1 aliphatic rings. The van der Waals surface area contributed by atoms with Crippen molar-refractivity contribution in [2.24, 2.45) is 0 Å². The summed E-state index contributed by atoms with van der Waals surface area (Å²) >= 11 is 1.51. The van der Waals surface area contributed by atoms with E-state index in [4.69, 9.17) is 0 Å². The van der Waals surface area contributed by atoms with E-state index in [1.807, 2.05) is 18.3 Å². The predicted molar refractivity (Wildman–Crippen MR) is 101 cm³/mol. The maximum Gasteiger partial charge on any atom is 0.263 e. The maximum atomic E-state index is 12.3. The molecule has 1 saturated heterocycles. The van der Waals surface area contributed by atoms with E-state index in [1.54, 1.807) is 6.20 Å². The monoisotopic (exact) mass is 354 g/mol. The molecule has 3 aromatic rings. The van der Waals surface area contributed by atoms with Gasteiger partial charge in [0.25, 0.3) is 5.91 Å². The molecular weight excluding hydrogens is 332 g/mol. The summed E-state index contributed by atoms with van der Waals surface area (Å²) in [6.45, 7) is 3.78. The van der Waals surface area contributed by atoms with Gasteiger partial charge in [0.15, 0.2) is 0 Å². The van der Waals surface area contributed by atoms with Crippen LogP contribution in [-0.2, 0) is 13.0 Å². The van der Waals surface area contributed by atoms with Crippen LogP contribution in [0.2, 0.25) is 0 Å². The number of amides is 1. The van der Waals surface area contributed by atoms with Crippen LogP contribution in [0.1, 0.15) is 33.1 Å². The van der Waals surface area contributed by atoms with Gasteiger partial charge in [-0.3, -0.25) is 9.69 Å². The lowest BCUT2D eigenvalue weighted by atomic mass is 10.1. The van der Waals surface area contributed by atoms with Crippen LogP contribution in [0, 0.1) is 0 Å². The summed E-state index contributed by atoms with van der Waals surface area (Å²) in [5.41, 5.74) is 2.37. The van der Waals surface area contributed by atoms with Crippen molar-refractivity contribution in [3.05, 3.63) is 52.1 Å². The van der Waals surface area contributed by atoms with E-state index in [-0.39, 0.29) is 5.91 Å². The number of likely N-dealkylation sites (tertiary alicyclic amines) is 1. The molecule has 5 nitrogen and oxygen atoms in total. The smallest absolute Gasteiger partial charge is 0.263 e. The molecule has 0 atom stereocenters. The van der Waals surface area contributed by atoms with Crippen LogP contribution >= 0.6 is 11.3 Å². The van der Waals surface area contributed by atoms with Crippen molar-refractivity contribution in [1.82, 2.24) is 20.2 Å². The lowest BCUT2D eigenvalue weighted by Gasteiger charge is -2.11. The lowest BCUT2D eigenvalue weighted by molar-refractivity contribution is 0.0958. The van der Waals surface area contributed by atoms with Crippen LogP contribution in [0.25, 0.3) is 10.9 Å². The number of H-pyrrole nitrogens is 1. The van der Waals surface area contributed by atoms with E-state index < -0.39 is 0 Å². The van der Waals surface area contributed by atoms with Crippen molar-refractivity contribution in [2.45, 2.75) is 25.8 Å². The highest BCUT2D eigenvalue weighted by atomic mass is 32.1. The Morgan fingerprint density at radius 2 is 2.12 bits per heavy atom. The van der Waals surface area contributed by atoms with Gasteiger partial charge in [-0.15, -0.1) is 11.3 Å². The summed E-state index contributed by atoms with van der Waals surface area (Å²) in [5.74, 6) is -0.0231. The molecule has 0 unspecified atom stereocenters. The number of hydrogen-bond donors (Lipinski definition) is 2. The zero-order chi connectivity index (χ0) is 17.1. The van der Waals surface area contributed by atoms with Gasteiger partial charge in [0.2, 0.25) is 0 Å². The van der Waals surface area contributed by atoms with Gasteiger partial charge in [0, 0.05) is 23.6 Å². The molecule has 1 aliphatic heterocycles. The van der Waals surface area contributed by atoms with Gasteiger partial charge in [-0.2, -0.15) is 0 Å². The number of fused-ring (bicyclic) bond motifs is 1. The third-order valence-corrected chi connectivity index (χ3v) is 5.67. The molecule has 3 heterocycles. The minimum Gasteiger partial charge on any atom is -0.361 e. The van der Waals surface area contributed by atoms with Crippen molar-refractivity contribution >= 4 is 28.1 Å². The van der Waals surface area contributed by atoms with Crippen LogP contribution < -0.4 is 5.32 Å². The minimum atomic E-state index is -0.0231. The molecule has 4 rings (SSSR count). The van der Waals surface area contributed by atoms with Gasteiger partial charge in [0.05, 0.1) is 12.7 Å². The lowest BCUT2D eigenvalue weighted by Crippen LogP contribution is -2.24. The number of nitrogens with one attached hydrogen (secondary N) is 2. The predicted octanol–water partition coefficient (Wildman–Crippen LogP) is 3.19. The Morgan fingerprint density at radius 1 is 1.28 bits per heavy atom. The van der Waals surface area contributed by atoms with Gasteiger partial charge >= 0.3 is 0 Å². The van der Waals surface area contributed by atoms with Crippen molar-refractivity contribution in [1.29, 1.82) is 0 Å². The second kappa shape index (κ2) is 7.37. The van der Waals surface area contributed by atoms with Gasteiger partial charge in [-0.1, -0.05) is 18.2 Å². The first-order valence-electron chi connectivity index (χ1n) is 8.80. The van der Waals surface area contributed by atoms with E-state index >= 15 is 0 Å². The first kappa shape index (κ1) is 16.3. The number of benzene rings is 1. The summed E-state index contributed by atoms with van der Waals surface area (Å²) < 4.78 is 0. The highest BCUT2D eigenvalue weighted by molar-refractivity contribution is 7.13. The molecule has 2 aromatic heterocycles. The normalized spacial score (nSPS) is 15.0. The van der Waals surface area contributed by atoms with Crippen LogP contribution in [0.15, 0.2) is 36.7 Å². The molecule has 130 valence electrons. The first-order chi connectivity index (χ1) is 12.3. The van der Waals surface area contributed by atoms with Gasteiger partial charge < -0.3 is 10.3 Å². The fourth-order valence-corrected chi connectivity index (χ4v) is 4.23. The maximum absolute atomic E-state index is 12.3. The van der Waals surface area contributed by atoms with Crippen molar-refractivity contribution in [3.8, 4) is 0 Å². The molecular formula is C19H22N4OS. The number of aromatic amines is 1. The summed E-state index contributed by atoms with van der Waals surface area (Å²) in [6.07, 6.45) is 7.09. The number of para-hydroxylation sites is 1. The standard InChI is InChI=1S/C19H22N4OS/c24-19(17-12-22-18(25-17)13-23-9-3-4-10-23)20-8-7-14-11-21-16-6-2-1-5-15(14)16/h1-2,5-6,11-12,21H,3-4,7-10,13H2,(H,20,24). The third kappa shape index (κ3) is 3.75. The van der Waals surface area contributed by atoms with Crippen LogP contribution in [0.5, 0.6) is 0 Å². The SMILES string of the molecule is O=C(NCCc1c[nH]c2ccccc12)c1cnc(CN2CCCC2)s1. The Bertz CT molecular complexity index is 863. The molecule has 0 aliphatic carbocycles. The number of hydrogen-bond acceptors (Lipinski definition) is 4. The summed E-state index contributed by atoms with van der Waals surface area (Å²) in [5, 5.41) is 5.27. The summed E-state index contributed by atoms with van der Waals surface area (Å²) in [7, 11) is 0. The molecule has 25 heavy (non-hydrogen) atoms. The molecule has 6 heteroatoms. The molecule has 2 N–H and O–H groups in total. The molecule has 1 aromatic carbocycles. The largest absolute Gasteiger partial charge is 0.361 e. The Kier molecular flexibility index (Phi) is 4.81. The van der Waals surface area contributed by atoms with Crippen LogP contribution in [-0.4, -0.2) is 40.4 Å². The fourth-order valence-electron chi connectivity index (χ4n) is 3.36. The van der Waals surface area contributed by atoms with Crippen molar-refractivity contribution in [2.75, 3.05) is 19.6 Å². The molecule has 0 spiro atoms. The number of thiazole rings is 1. The van der Waals surface area contributed by atoms with Gasteiger partial charge in [-0.25, -0.2) is 4.98 Å². The van der Waals surface area contributed by atoms with Gasteiger partial charge in [-0.05, 0) is 44.0 Å². The van der Waals surface area contributed by atoms with E-state index in [0.29, 0.717) is 11.4 Å². The number of aromatic nitrogens is 2. The summed E-state index contributed by atoms with van der Waals surface area (Å²) in [4.78, 5) is 23.1. The quantitative estimate of drug-likeness (QED) is 0.715. The van der Waals surface area contributed by atoms with Crippen LogP contribution in [0.4, 0.5) is 0 Å². The van der Waals surface area contributed by atoms with Crippen LogP contribution in [0.3, 0.4) is 0 Å². The van der Waals surface area contributed by atoms with E-state index in [9.17, 15) is 4.79 Å². The molecule has 0 saturated carbocycles. The first-order valence-corrected chi connectivity index (χ1v) is 9.61. The molecule has 0 radical (unpaired) electrons. The fraction of sp³-hybridized carbons (Fsp3) is 0.368. The average molecular weight is 354 g/mol. The second-order valence-electron chi connectivity index (χ2n) is 6.47. The number of rotatable bonds is 6. The minimum absolute atomic E-state index is 0.0231. The van der Waals surface area contributed by atoms with Gasteiger partial charge in [0.1, 0.15) is 9.88 Å². The average Bonchev–Trinajstić information content (AvgIpc) is 3.37. The topological polar surface area (TPSA) is 61.0 Å². The highest BCUT2D eigenvalue weighted by Crippen LogP contribution is 2.19. The number of carbonyl (C=O) groups is 1. The zero-order valence-corrected chi connectivity index (χ0v) is 14.9. The van der Waals surface area contributed by atoms with E-state index in [2.05, 4.69) is 32.3 Å². The van der Waals surface area contributed by atoms with E-state index in [0.717, 1.165) is 36.6 Å². The second-order valence-corrected chi connectivity index (χ2v) is 7.58. The Hall–Kier alpha value is -2.18. The molecule has 0 bridgehead atoms.